The van der Waals surface area contributed by atoms with Crippen LogP contribution in [0.1, 0.15) is 24.1 Å². The van der Waals surface area contributed by atoms with E-state index in [9.17, 15) is 13.2 Å². The normalized spacial score (nSPS) is 12.1. The molecule has 0 aromatic heterocycles. The van der Waals surface area contributed by atoms with E-state index in [1.54, 1.807) is 42.5 Å². The Hall–Kier alpha value is -3.03. The van der Waals surface area contributed by atoms with Crippen molar-refractivity contribution in [2.24, 2.45) is 0 Å². The summed E-state index contributed by atoms with van der Waals surface area (Å²) in [5.41, 5.74) is 2.18. The number of sulfonamides is 1. The average molecular weight is 473 g/mol. The molecule has 0 saturated heterocycles. The number of carbonyl (C=O) groups is 1. The molecule has 3 rings (SSSR count). The van der Waals surface area contributed by atoms with Gasteiger partial charge in [0.1, 0.15) is 5.75 Å². The van der Waals surface area contributed by atoms with Crippen molar-refractivity contribution in [2.75, 3.05) is 17.2 Å². The predicted octanol–water partition coefficient (Wildman–Crippen LogP) is 4.56. The van der Waals surface area contributed by atoms with Crippen LogP contribution in [0, 0.1) is 0 Å². The molecule has 6 nitrogen and oxygen atoms in total. The SMILES string of the molecule is C[C@@H](NC(=O)COc1ccc(N(Cc2ccccc2Cl)S(C)(=O)=O)cc1)c1ccccc1. The second-order valence-electron chi connectivity index (χ2n) is 7.34. The van der Waals surface area contributed by atoms with Crippen molar-refractivity contribution < 1.29 is 17.9 Å². The number of anilines is 1. The summed E-state index contributed by atoms with van der Waals surface area (Å²) >= 11 is 6.20. The Balaban J connectivity index is 1.62. The fourth-order valence-corrected chi connectivity index (χ4v) is 4.22. The van der Waals surface area contributed by atoms with Crippen LogP contribution >= 0.6 is 11.6 Å². The van der Waals surface area contributed by atoms with Crippen molar-refractivity contribution in [3.05, 3.63) is 95.0 Å². The lowest BCUT2D eigenvalue weighted by atomic mass is 10.1. The Morgan fingerprint density at radius 2 is 1.62 bits per heavy atom. The van der Waals surface area contributed by atoms with Gasteiger partial charge in [-0.1, -0.05) is 60.1 Å². The van der Waals surface area contributed by atoms with E-state index in [0.717, 1.165) is 11.8 Å². The summed E-state index contributed by atoms with van der Waals surface area (Å²) in [5.74, 6) is 0.212. The van der Waals surface area contributed by atoms with Gasteiger partial charge in [-0.25, -0.2) is 8.42 Å². The molecule has 1 N–H and O–H groups in total. The third-order valence-corrected chi connectivity index (χ3v) is 6.35. The van der Waals surface area contributed by atoms with E-state index in [1.807, 2.05) is 43.3 Å². The lowest BCUT2D eigenvalue weighted by Crippen LogP contribution is -2.31. The first-order valence-electron chi connectivity index (χ1n) is 10.0. The maximum atomic E-state index is 12.4. The van der Waals surface area contributed by atoms with E-state index in [4.69, 9.17) is 16.3 Å². The molecule has 0 aliphatic rings. The Kier molecular flexibility index (Phi) is 7.77. The number of nitrogens with one attached hydrogen (secondary N) is 1. The number of benzene rings is 3. The van der Waals surface area contributed by atoms with Gasteiger partial charge in [-0.2, -0.15) is 0 Å². The molecule has 0 heterocycles. The van der Waals surface area contributed by atoms with E-state index in [2.05, 4.69) is 5.32 Å². The van der Waals surface area contributed by atoms with Gasteiger partial charge < -0.3 is 10.1 Å². The molecule has 168 valence electrons. The number of hydrogen-bond donors (Lipinski definition) is 1. The van der Waals surface area contributed by atoms with Gasteiger partial charge in [0.05, 0.1) is 24.5 Å². The summed E-state index contributed by atoms with van der Waals surface area (Å²) < 4.78 is 31.6. The standard InChI is InChI=1S/C24H25ClN2O4S/c1-18(19-8-4-3-5-9-19)26-24(28)17-31-22-14-12-21(13-15-22)27(32(2,29)30)16-20-10-6-7-11-23(20)25/h3-15,18H,16-17H2,1-2H3,(H,26,28)/t18-/m1/s1. The second-order valence-corrected chi connectivity index (χ2v) is 9.66. The maximum Gasteiger partial charge on any atom is 0.258 e. The van der Waals surface area contributed by atoms with Crippen LogP contribution in [0.5, 0.6) is 5.75 Å². The average Bonchev–Trinajstić information content (AvgIpc) is 2.77. The Morgan fingerprint density at radius 1 is 1.00 bits per heavy atom. The largest absolute Gasteiger partial charge is 0.484 e. The summed E-state index contributed by atoms with van der Waals surface area (Å²) in [6.45, 7) is 1.87. The van der Waals surface area contributed by atoms with Crippen LogP contribution in [0.4, 0.5) is 5.69 Å². The summed E-state index contributed by atoms with van der Waals surface area (Å²) in [6.07, 6.45) is 1.15. The molecule has 0 saturated carbocycles. The third kappa shape index (κ3) is 6.48. The van der Waals surface area contributed by atoms with Crippen LogP contribution in [0.15, 0.2) is 78.9 Å². The van der Waals surface area contributed by atoms with Crippen LogP contribution in [-0.2, 0) is 21.4 Å². The highest BCUT2D eigenvalue weighted by Gasteiger charge is 2.19. The molecule has 0 aliphatic carbocycles. The van der Waals surface area contributed by atoms with E-state index in [0.29, 0.717) is 22.0 Å². The number of nitrogens with zero attached hydrogens (tertiary/aromatic N) is 1. The molecule has 0 fully saturated rings. The first-order chi connectivity index (χ1) is 15.2. The quantitative estimate of drug-likeness (QED) is 0.495. The molecule has 0 spiro atoms. The predicted molar refractivity (Wildman–Crippen MR) is 127 cm³/mol. The van der Waals surface area contributed by atoms with Gasteiger partial charge in [-0.05, 0) is 48.4 Å². The molecule has 1 amide bonds. The molecular weight excluding hydrogens is 448 g/mol. The zero-order chi connectivity index (χ0) is 23.1. The zero-order valence-corrected chi connectivity index (χ0v) is 19.4. The minimum Gasteiger partial charge on any atom is -0.484 e. The fourth-order valence-electron chi connectivity index (χ4n) is 3.15. The monoisotopic (exact) mass is 472 g/mol. The second kappa shape index (κ2) is 10.5. The molecule has 1 atom stereocenters. The molecule has 0 radical (unpaired) electrons. The van der Waals surface area contributed by atoms with Gasteiger partial charge in [-0.3, -0.25) is 9.10 Å². The highest BCUT2D eigenvalue weighted by atomic mass is 35.5. The number of rotatable bonds is 9. The Labute approximate surface area is 193 Å². The first kappa shape index (κ1) is 23.6. The topological polar surface area (TPSA) is 75.7 Å². The Bertz CT molecular complexity index is 1150. The highest BCUT2D eigenvalue weighted by molar-refractivity contribution is 7.92. The highest BCUT2D eigenvalue weighted by Crippen LogP contribution is 2.26. The van der Waals surface area contributed by atoms with Gasteiger partial charge in [-0.15, -0.1) is 0 Å². The lowest BCUT2D eigenvalue weighted by molar-refractivity contribution is -0.123. The summed E-state index contributed by atoms with van der Waals surface area (Å²) in [7, 11) is -3.54. The van der Waals surface area contributed by atoms with Crippen molar-refractivity contribution >= 4 is 33.2 Å². The van der Waals surface area contributed by atoms with Crippen LogP contribution in [0.25, 0.3) is 0 Å². The van der Waals surface area contributed by atoms with Crippen molar-refractivity contribution in [1.29, 1.82) is 0 Å². The third-order valence-electron chi connectivity index (χ3n) is 4.84. The number of carbonyl (C=O) groups excluding carboxylic acids is 1. The van der Waals surface area contributed by atoms with Crippen LogP contribution in [0.2, 0.25) is 5.02 Å². The van der Waals surface area contributed by atoms with Crippen molar-refractivity contribution in [3.8, 4) is 5.75 Å². The first-order valence-corrected chi connectivity index (χ1v) is 12.2. The summed E-state index contributed by atoms with van der Waals surface area (Å²) in [4.78, 5) is 12.2. The van der Waals surface area contributed by atoms with Gasteiger partial charge >= 0.3 is 0 Å². The lowest BCUT2D eigenvalue weighted by Gasteiger charge is -2.23. The van der Waals surface area contributed by atoms with E-state index in [-0.39, 0.29) is 25.1 Å². The zero-order valence-electron chi connectivity index (χ0n) is 17.9. The number of amides is 1. The minimum absolute atomic E-state index is 0.110. The summed E-state index contributed by atoms with van der Waals surface area (Å²) in [5, 5.41) is 3.38. The van der Waals surface area contributed by atoms with Gasteiger partial charge in [0.15, 0.2) is 6.61 Å². The van der Waals surface area contributed by atoms with E-state index >= 15 is 0 Å². The minimum atomic E-state index is -3.54. The molecule has 0 unspecified atom stereocenters. The van der Waals surface area contributed by atoms with Gasteiger partial charge in [0.25, 0.3) is 5.91 Å². The molecule has 0 bridgehead atoms. The maximum absolute atomic E-state index is 12.4. The Morgan fingerprint density at radius 3 is 2.25 bits per heavy atom. The van der Waals surface area contributed by atoms with Gasteiger partial charge in [0, 0.05) is 5.02 Å². The smallest absolute Gasteiger partial charge is 0.258 e. The molecular formula is C24H25ClN2O4S. The molecule has 3 aromatic rings. The summed E-state index contributed by atoms with van der Waals surface area (Å²) in [6, 6.07) is 23.2. The van der Waals surface area contributed by atoms with Crippen LogP contribution in [-0.4, -0.2) is 27.2 Å². The van der Waals surface area contributed by atoms with Gasteiger partial charge in [0.2, 0.25) is 10.0 Å². The van der Waals surface area contributed by atoms with Crippen LogP contribution < -0.4 is 14.4 Å². The van der Waals surface area contributed by atoms with E-state index in [1.165, 1.54) is 4.31 Å². The molecule has 8 heteroatoms. The molecule has 32 heavy (non-hydrogen) atoms. The van der Waals surface area contributed by atoms with E-state index < -0.39 is 10.0 Å². The molecule has 3 aromatic carbocycles. The molecule has 0 aliphatic heterocycles. The van der Waals surface area contributed by atoms with Crippen molar-refractivity contribution in [2.45, 2.75) is 19.5 Å². The fraction of sp³-hybridized carbons (Fsp3) is 0.208. The number of ether oxygens (including phenoxy) is 1. The van der Waals surface area contributed by atoms with Crippen molar-refractivity contribution in [1.82, 2.24) is 5.32 Å². The number of hydrogen-bond acceptors (Lipinski definition) is 4. The number of halogens is 1. The van der Waals surface area contributed by atoms with Crippen LogP contribution in [0.3, 0.4) is 0 Å². The van der Waals surface area contributed by atoms with Crippen molar-refractivity contribution in [3.63, 3.8) is 0 Å².